The highest BCUT2D eigenvalue weighted by atomic mass is 16.5. The second-order valence-corrected chi connectivity index (χ2v) is 15.1. The number of hydrogen-bond acceptors (Lipinski definition) is 12. The van der Waals surface area contributed by atoms with Gasteiger partial charge in [0.1, 0.15) is 33.9 Å². The first-order chi connectivity index (χ1) is 31.9. The molecule has 0 atom stereocenters. The second-order valence-electron chi connectivity index (χ2n) is 15.1. The lowest BCUT2D eigenvalue weighted by Gasteiger charge is -2.09. The largest absolute Gasteiger partial charge is 0.507 e. The number of aromatic amines is 2. The molecule has 4 aromatic carbocycles. The molecule has 8 bridgehead atoms. The quantitative estimate of drug-likeness (QED) is 0.0617. The summed E-state index contributed by atoms with van der Waals surface area (Å²) in [6.45, 7) is 0. The van der Waals surface area contributed by atoms with Crippen molar-refractivity contribution >= 4 is 70.2 Å². The summed E-state index contributed by atoms with van der Waals surface area (Å²) in [6.07, 6.45) is 7.17. The number of aromatic hydroxyl groups is 3. The lowest BCUT2D eigenvalue weighted by atomic mass is 10.0. The molecular weight excluding hydrogens is 845 g/mol. The number of ether oxygens (including phenoxy) is 3. The third kappa shape index (κ3) is 7.45. The predicted molar refractivity (Wildman–Crippen MR) is 247 cm³/mol. The van der Waals surface area contributed by atoms with Gasteiger partial charge in [-0.15, -0.1) is 0 Å². The highest BCUT2D eigenvalue weighted by Gasteiger charge is 2.23. The van der Waals surface area contributed by atoms with Crippen LogP contribution in [-0.4, -0.2) is 85.6 Å². The molecule has 2 aliphatic heterocycles. The van der Waals surface area contributed by atoms with Crippen molar-refractivity contribution in [1.29, 1.82) is 0 Å². The van der Waals surface area contributed by atoms with Crippen molar-refractivity contribution in [3.05, 3.63) is 148 Å². The van der Waals surface area contributed by atoms with Gasteiger partial charge in [0, 0.05) is 44.3 Å². The highest BCUT2D eigenvalue weighted by molar-refractivity contribution is 6.02. The van der Waals surface area contributed by atoms with Crippen molar-refractivity contribution in [2.45, 2.75) is 0 Å². The van der Waals surface area contributed by atoms with Crippen LogP contribution in [0.25, 0.3) is 90.9 Å². The molecule has 0 aliphatic carbocycles. The lowest BCUT2D eigenvalue weighted by molar-refractivity contribution is 0.0588. The Labute approximate surface area is 374 Å². The minimum Gasteiger partial charge on any atom is -0.507 e. The van der Waals surface area contributed by atoms with E-state index in [2.05, 4.69) is 9.97 Å². The monoisotopic (exact) mass is 880 g/mol. The number of benzene rings is 4. The maximum absolute atomic E-state index is 12.5. The summed E-state index contributed by atoms with van der Waals surface area (Å²) in [5.41, 5.74) is 8.06. The third-order valence-corrected chi connectivity index (χ3v) is 11.2. The number of hydrogen-bond donors (Lipinski definition) is 6. The van der Waals surface area contributed by atoms with Crippen LogP contribution >= 0.6 is 0 Å². The smallest absolute Gasteiger partial charge is 0.341 e. The molecule has 0 saturated heterocycles. The number of rotatable bonds is 8. The first kappa shape index (κ1) is 42.1. The first-order valence-corrected chi connectivity index (χ1v) is 20.1. The summed E-state index contributed by atoms with van der Waals surface area (Å²) < 4.78 is 14.7. The molecule has 15 nitrogen and oxygen atoms in total. The Morgan fingerprint density at radius 1 is 0.424 bits per heavy atom. The van der Waals surface area contributed by atoms with E-state index in [0.29, 0.717) is 94.9 Å². The van der Waals surface area contributed by atoms with Gasteiger partial charge in [0.05, 0.1) is 49.7 Å². The van der Waals surface area contributed by atoms with Crippen molar-refractivity contribution in [3.8, 4) is 61.8 Å². The Kier molecular flexibility index (Phi) is 10.7. The van der Waals surface area contributed by atoms with E-state index in [1.54, 1.807) is 60.7 Å². The van der Waals surface area contributed by atoms with E-state index >= 15 is 0 Å². The topological polar surface area (TPSA) is 234 Å². The van der Waals surface area contributed by atoms with Crippen LogP contribution in [0.2, 0.25) is 0 Å². The Morgan fingerprint density at radius 2 is 0.742 bits per heavy atom. The number of carbonyl (C=O) groups is 4. The fraction of sp³-hybridized carbons (Fsp3) is 0.0588. The standard InChI is InChI=1S/C51H36N4O11/c1-64-49(61)26-6-4-25(5-7-26)44-33-14-16-35(52-33)45(27-8-11-30(48(59)60)41(56)22-27)37-18-19-39(54-37)47(29-10-13-32(43(58)24-29)51(63)66-3)40-21-20-38(55-40)46(36-17-15-34(44)53-36)28-9-12-31(42(57)23-28)50(62)65-2/h4-24,52,55-58H,1-3H3,(H,59,60). The summed E-state index contributed by atoms with van der Waals surface area (Å²) in [5.74, 6) is -4.41. The van der Waals surface area contributed by atoms with Crippen LogP contribution in [0, 0.1) is 0 Å². The number of fused-ring (bicyclic) bond motifs is 8. The molecule has 15 heteroatoms. The number of phenolic OH excluding ortho intramolecular Hbond substituents is 2. The van der Waals surface area contributed by atoms with Gasteiger partial charge in [0.25, 0.3) is 0 Å². The number of aromatic nitrogens is 4. The van der Waals surface area contributed by atoms with Gasteiger partial charge in [0.15, 0.2) is 0 Å². The molecule has 7 aromatic rings. The van der Waals surface area contributed by atoms with Gasteiger partial charge >= 0.3 is 23.9 Å². The highest BCUT2D eigenvalue weighted by Crippen LogP contribution is 2.41. The van der Waals surface area contributed by atoms with Crippen molar-refractivity contribution < 1.29 is 53.8 Å². The maximum Gasteiger partial charge on any atom is 0.341 e. The molecule has 326 valence electrons. The van der Waals surface area contributed by atoms with E-state index in [1.807, 2.05) is 30.4 Å². The van der Waals surface area contributed by atoms with E-state index in [1.165, 1.54) is 57.7 Å². The normalized spacial score (nSPS) is 11.6. The molecule has 0 saturated carbocycles. The van der Waals surface area contributed by atoms with Gasteiger partial charge < -0.3 is 44.6 Å². The molecule has 66 heavy (non-hydrogen) atoms. The van der Waals surface area contributed by atoms with E-state index in [4.69, 9.17) is 24.2 Å². The number of esters is 3. The fourth-order valence-electron chi connectivity index (χ4n) is 8.12. The predicted octanol–water partition coefficient (Wildman–Crippen LogP) is 9.50. The first-order valence-electron chi connectivity index (χ1n) is 20.1. The average molecular weight is 881 g/mol. The Morgan fingerprint density at radius 3 is 1.06 bits per heavy atom. The molecule has 0 spiro atoms. The number of H-pyrrole nitrogens is 2. The molecule has 6 N–H and O–H groups in total. The zero-order valence-electron chi connectivity index (χ0n) is 35.2. The maximum atomic E-state index is 12.5. The minimum atomic E-state index is -1.31. The Balaban J connectivity index is 1.44. The zero-order chi connectivity index (χ0) is 46.4. The molecule has 0 radical (unpaired) electrons. The summed E-state index contributed by atoms with van der Waals surface area (Å²) >= 11 is 0. The number of carboxylic acids is 1. The lowest BCUT2D eigenvalue weighted by Crippen LogP contribution is -2.01. The van der Waals surface area contributed by atoms with Crippen LogP contribution in [0.5, 0.6) is 17.2 Å². The number of aromatic carboxylic acids is 1. The zero-order valence-corrected chi connectivity index (χ0v) is 35.2. The van der Waals surface area contributed by atoms with Crippen LogP contribution in [0.15, 0.2) is 103 Å². The molecule has 9 rings (SSSR count). The number of carbonyl (C=O) groups excluding carboxylic acids is 3. The minimum absolute atomic E-state index is 0.0416. The molecular formula is C51H36N4O11. The Hall–Kier alpha value is -9.24. The number of methoxy groups -OCH3 is 3. The molecule has 2 aliphatic rings. The average Bonchev–Trinajstić information content (AvgIpc) is 4.17. The summed E-state index contributed by atoms with van der Waals surface area (Å²) in [4.78, 5) is 66.8. The van der Waals surface area contributed by atoms with Gasteiger partial charge in [-0.2, -0.15) is 0 Å². The van der Waals surface area contributed by atoms with E-state index in [-0.39, 0.29) is 28.2 Å². The molecule has 0 fully saturated rings. The van der Waals surface area contributed by atoms with Crippen LogP contribution in [0.1, 0.15) is 64.2 Å². The number of nitrogens with zero attached hydrogens (tertiary/aromatic N) is 2. The van der Waals surface area contributed by atoms with Crippen molar-refractivity contribution in [2.75, 3.05) is 21.3 Å². The third-order valence-electron chi connectivity index (χ3n) is 11.2. The summed E-state index contributed by atoms with van der Waals surface area (Å²) in [6, 6.07) is 27.4. The van der Waals surface area contributed by atoms with Crippen LogP contribution < -0.4 is 0 Å². The summed E-state index contributed by atoms with van der Waals surface area (Å²) in [7, 11) is 3.73. The van der Waals surface area contributed by atoms with Gasteiger partial charge in [-0.05, 0) is 119 Å². The Bertz CT molecular complexity index is 3450. The molecule has 0 amide bonds. The number of carboxylic acid groups (broad SMARTS) is 1. The number of nitrogens with one attached hydrogen (secondary N) is 2. The molecule has 5 heterocycles. The SMILES string of the molecule is COC(=O)c1ccc(-c2c3nc(c(-c4ccc(C(=O)OC)c(O)c4)c4ccc([nH]4)c(-c4ccc(C(=O)OC)c(O)c4)c4nc(c(-c5ccc(C(=O)O)c(O)c5)c5ccc2[nH]5)C=C4)C=C3)cc1. The van der Waals surface area contributed by atoms with Crippen LogP contribution in [-0.2, 0) is 14.2 Å². The number of phenols is 3. The van der Waals surface area contributed by atoms with Gasteiger partial charge in [-0.1, -0.05) is 30.3 Å². The molecule has 3 aromatic heterocycles. The fourth-order valence-corrected chi connectivity index (χ4v) is 8.12. The van der Waals surface area contributed by atoms with E-state index < -0.39 is 29.6 Å². The van der Waals surface area contributed by atoms with E-state index in [9.17, 15) is 39.6 Å². The van der Waals surface area contributed by atoms with Gasteiger partial charge in [-0.25, -0.2) is 29.1 Å². The van der Waals surface area contributed by atoms with Crippen molar-refractivity contribution in [3.63, 3.8) is 0 Å². The van der Waals surface area contributed by atoms with Crippen molar-refractivity contribution in [1.82, 2.24) is 19.9 Å². The molecule has 0 unspecified atom stereocenters. The van der Waals surface area contributed by atoms with Crippen LogP contribution in [0.3, 0.4) is 0 Å². The second kappa shape index (κ2) is 16.8. The van der Waals surface area contributed by atoms with Gasteiger partial charge in [0.2, 0.25) is 0 Å². The summed E-state index contributed by atoms with van der Waals surface area (Å²) in [5, 5.41) is 43.0. The van der Waals surface area contributed by atoms with E-state index in [0.717, 1.165) is 0 Å². The van der Waals surface area contributed by atoms with Gasteiger partial charge in [-0.3, -0.25) is 0 Å². The van der Waals surface area contributed by atoms with Crippen molar-refractivity contribution in [2.24, 2.45) is 0 Å². The van der Waals surface area contributed by atoms with Crippen LogP contribution in [0.4, 0.5) is 0 Å².